The molecule has 6 heteroatoms. The Hall–Kier alpha value is -0.720. The van der Waals surface area contributed by atoms with Crippen molar-refractivity contribution in [3.05, 3.63) is 22.7 Å². The average molecular weight is 344 g/mol. The predicted molar refractivity (Wildman–Crippen MR) is 83.3 cm³/mol. The van der Waals surface area contributed by atoms with Gasteiger partial charge in [0.15, 0.2) is 0 Å². The summed E-state index contributed by atoms with van der Waals surface area (Å²) in [5, 5.41) is 3.17. The van der Waals surface area contributed by atoms with E-state index in [0.29, 0.717) is 0 Å². The lowest BCUT2D eigenvalue weighted by Gasteiger charge is -2.29. The van der Waals surface area contributed by atoms with Gasteiger partial charge in [-0.1, -0.05) is 0 Å². The van der Waals surface area contributed by atoms with Gasteiger partial charge >= 0.3 is 0 Å². The van der Waals surface area contributed by atoms with Gasteiger partial charge in [0.25, 0.3) is 0 Å². The van der Waals surface area contributed by atoms with E-state index in [4.69, 9.17) is 5.73 Å². The number of benzene rings is 1. The number of nitrogens with one attached hydrogen (secondary N) is 1. The van der Waals surface area contributed by atoms with Crippen molar-refractivity contribution in [1.82, 2.24) is 10.2 Å². The predicted octanol–water partition coefficient (Wildman–Crippen LogP) is 1.94. The minimum Gasteiger partial charge on any atom is -0.399 e. The van der Waals surface area contributed by atoms with Crippen molar-refractivity contribution < 1.29 is 4.79 Å². The zero-order valence-electron chi connectivity index (χ0n) is 10.9. The Balaban J connectivity index is 1.99. The molecule has 0 spiro atoms. The van der Waals surface area contributed by atoms with Crippen LogP contribution in [0.25, 0.3) is 0 Å². The number of hydrogen-bond acceptors (Lipinski definition) is 4. The molecule has 1 fully saturated rings. The summed E-state index contributed by atoms with van der Waals surface area (Å²) in [6.45, 7) is 5.32. The second-order valence-corrected chi connectivity index (χ2v) is 6.76. The molecule has 3 N–H and O–H groups in total. The smallest absolute Gasteiger partial charge is 0.235 e. The van der Waals surface area contributed by atoms with E-state index in [1.807, 2.05) is 30.0 Å². The van der Waals surface area contributed by atoms with Crippen LogP contribution in [0.4, 0.5) is 5.69 Å². The number of nitrogens with two attached hydrogens (primary N) is 1. The third-order valence-corrected chi connectivity index (χ3v) is 5.12. The molecule has 1 aromatic carbocycles. The number of carbonyl (C=O) groups is 1. The van der Waals surface area contributed by atoms with E-state index in [1.165, 1.54) is 0 Å². The van der Waals surface area contributed by atoms with Crippen molar-refractivity contribution in [2.24, 2.45) is 0 Å². The van der Waals surface area contributed by atoms with Crippen LogP contribution >= 0.6 is 27.7 Å². The number of hydrogen-bond donors (Lipinski definition) is 2. The van der Waals surface area contributed by atoms with Gasteiger partial charge in [-0.15, -0.1) is 11.8 Å². The third kappa shape index (κ3) is 3.87. The molecule has 0 bridgehead atoms. The summed E-state index contributed by atoms with van der Waals surface area (Å²) < 4.78 is 0.942. The van der Waals surface area contributed by atoms with Crippen LogP contribution in [0, 0.1) is 0 Å². The molecular weight excluding hydrogens is 326 g/mol. The van der Waals surface area contributed by atoms with E-state index in [2.05, 4.69) is 21.2 Å². The number of anilines is 1. The first-order chi connectivity index (χ1) is 9.08. The maximum Gasteiger partial charge on any atom is 0.235 e. The molecule has 1 aliphatic heterocycles. The second-order valence-electron chi connectivity index (χ2n) is 4.53. The van der Waals surface area contributed by atoms with Gasteiger partial charge in [0.05, 0.1) is 5.25 Å². The molecule has 0 radical (unpaired) electrons. The van der Waals surface area contributed by atoms with Crippen molar-refractivity contribution in [1.29, 1.82) is 0 Å². The van der Waals surface area contributed by atoms with E-state index in [0.717, 1.165) is 41.2 Å². The second kappa shape index (κ2) is 6.63. The van der Waals surface area contributed by atoms with E-state index in [9.17, 15) is 4.79 Å². The first kappa shape index (κ1) is 14.7. The van der Waals surface area contributed by atoms with Crippen LogP contribution in [-0.2, 0) is 4.79 Å². The van der Waals surface area contributed by atoms with Crippen molar-refractivity contribution in [3.8, 4) is 0 Å². The Kier molecular flexibility index (Phi) is 5.13. The van der Waals surface area contributed by atoms with Crippen LogP contribution < -0.4 is 11.1 Å². The molecule has 1 unspecified atom stereocenters. The zero-order valence-corrected chi connectivity index (χ0v) is 13.3. The van der Waals surface area contributed by atoms with E-state index in [-0.39, 0.29) is 11.2 Å². The van der Waals surface area contributed by atoms with Crippen LogP contribution in [0.1, 0.15) is 6.92 Å². The molecule has 1 atom stereocenters. The molecule has 1 aromatic rings. The standard InChI is InChI=1S/C13H18BrN3OS/c1-9(13(18)17-6-4-16-5-7-17)19-12-3-2-10(15)8-11(12)14/h2-3,8-9,16H,4-7,15H2,1H3. The number of nitrogens with zero attached hydrogens (tertiary/aromatic N) is 1. The summed E-state index contributed by atoms with van der Waals surface area (Å²) in [4.78, 5) is 15.3. The van der Waals surface area contributed by atoms with Crippen LogP contribution in [-0.4, -0.2) is 42.2 Å². The monoisotopic (exact) mass is 343 g/mol. The fourth-order valence-corrected chi connectivity index (χ4v) is 3.62. The Bertz CT molecular complexity index is 463. The van der Waals surface area contributed by atoms with Gasteiger partial charge < -0.3 is 16.0 Å². The normalized spacial score (nSPS) is 17.3. The highest BCUT2D eigenvalue weighted by molar-refractivity contribution is 9.10. The summed E-state index contributed by atoms with van der Waals surface area (Å²) in [6, 6.07) is 5.67. The Labute approximate surface area is 126 Å². The summed E-state index contributed by atoms with van der Waals surface area (Å²) in [7, 11) is 0. The third-order valence-electron chi connectivity index (χ3n) is 3.04. The Morgan fingerprint density at radius 3 is 2.79 bits per heavy atom. The van der Waals surface area contributed by atoms with Gasteiger partial charge in [0.2, 0.25) is 5.91 Å². The van der Waals surface area contributed by atoms with Gasteiger partial charge in [0, 0.05) is 41.2 Å². The molecule has 0 aliphatic carbocycles. The molecule has 0 saturated carbocycles. The number of carbonyl (C=O) groups excluding carboxylic acids is 1. The van der Waals surface area contributed by atoms with Gasteiger partial charge in [-0.2, -0.15) is 0 Å². The molecule has 1 aliphatic rings. The fourth-order valence-electron chi connectivity index (χ4n) is 2.00. The molecule has 1 saturated heterocycles. The highest BCUT2D eigenvalue weighted by Gasteiger charge is 2.23. The zero-order chi connectivity index (χ0) is 13.8. The summed E-state index contributed by atoms with van der Waals surface area (Å²) >= 11 is 5.05. The maximum atomic E-state index is 12.3. The van der Waals surface area contributed by atoms with Crippen LogP contribution in [0.15, 0.2) is 27.6 Å². The average Bonchev–Trinajstić information content (AvgIpc) is 2.42. The number of piperazine rings is 1. The van der Waals surface area contributed by atoms with E-state index >= 15 is 0 Å². The Morgan fingerprint density at radius 1 is 1.47 bits per heavy atom. The number of rotatable bonds is 3. The van der Waals surface area contributed by atoms with E-state index < -0.39 is 0 Å². The highest BCUT2D eigenvalue weighted by atomic mass is 79.9. The summed E-state index contributed by atoms with van der Waals surface area (Å²) in [6.07, 6.45) is 0. The molecule has 4 nitrogen and oxygen atoms in total. The molecule has 2 rings (SSSR count). The number of halogens is 1. The minimum absolute atomic E-state index is 0.0852. The van der Waals surface area contributed by atoms with Crippen molar-refractivity contribution >= 4 is 39.3 Å². The minimum atomic E-state index is -0.0852. The SMILES string of the molecule is CC(Sc1ccc(N)cc1Br)C(=O)N1CCNCC1. The fraction of sp³-hybridized carbons (Fsp3) is 0.462. The van der Waals surface area contributed by atoms with Crippen LogP contribution in [0.5, 0.6) is 0 Å². The molecule has 0 aromatic heterocycles. The van der Waals surface area contributed by atoms with Crippen LogP contribution in [0.3, 0.4) is 0 Å². The van der Waals surface area contributed by atoms with Crippen LogP contribution in [0.2, 0.25) is 0 Å². The topological polar surface area (TPSA) is 58.4 Å². The largest absolute Gasteiger partial charge is 0.399 e. The lowest BCUT2D eigenvalue weighted by atomic mass is 10.3. The summed E-state index contributed by atoms with van der Waals surface area (Å²) in [5.74, 6) is 0.204. The summed E-state index contributed by atoms with van der Waals surface area (Å²) in [5.41, 5.74) is 6.43. The molecule has 19 heavy (non-hydrogen) atoms. The maximum absolute atomic E-state index is 12.3. The van der Waals surface area contributed by atoms with Gasteiger partial charge in [-0.05, 0) is 41.1 Å². The number of amides is 1. The first-order valence-corrected chi connectivity index (χ1v) is 7.96. The molecule has 104 valence electrons. The highest BCUT2D eigenvalue weighted by Crippen LogP contribution is 2.32. The van der Waals surface area contributed by atoms with Gasteiger partial charge in [-0.25, -0.2) is 0 Å². The lowest BCUT2D eigenvalue weighted by molar-refractivity contribution is -0.130. The molecule has 1 heterocycles. The quantitative estimate of drug-likeness (QED) is 0.650. The van der Waals surface area contributed by atoms with Gasteiger partial charge in [0.1, 0.15) is 0 Å². The van der Waals surface area contributed by atoms with E-state index in [1.54, 1.807) is 11.8 Å². The Morgan fingerprint density at radius 2 is 2.16 bits per heavy atom. The lowest BCUT2D eigenvalue weighted by Crippen LogP contribution is -2.48. The first-order valence-electron chi connectivity index (χ1n) is 6.29. The van der Waals surface area contributed by atoms with Gasteiger partial charge in [-0.3, -0.25) is 4.79 Å². The number of nitrogen functional groups attached to an aromatic ring is 1. The van der Waals surface area contributed by atoms with Crippen molar-refractivity contribution in [2.75, 3.05) is 31.9 Å². The number of thioether (sulfide) groups is 1. The molecular formula is C13H18BrN3OS. The molecule has 1 amide bonds. The van der Waals surface area contributed by atoms with Crippen molar-refractivity contribution in [3.63, 3.8) is 0 Å². The van der Waals surface area contributed by atoms with Crippen molar-refractivity contribution in [2.45, 2.75) is 17.1 Å².